The lowest BCUT2D eigenvalue weighted by molar-refractivity contribution is -0.306. The van der Waals surface area contributed by atoms with Gasteiger partial charge >= 0.3 is 35.3 Å². The normalized spacial score (nSPS) is 25.7. The quantitative estimate of drug-likeness (QED) is 0.249. The Labute approximate surface area is 307 Å². The predicted octanol–water partition coefficient (Wildman–Crippen LogP) is -0.569. The Morgan fingerprint density at radius 2 is 1.38 bits per heavy atom. The maximum Gasteiger partial charge on any atom is 0.401 e. The van der Waals surface area contributed by atoms with Gasteiger partial charge in [0.2, 0.25) is 15.6 Å². The third-order valence-electron chi connectivity index (χ3n) is 9.45. The van der Waals surface area contributed by atoms with E-state index in [1.165, 1.54) is 40.1 Å². The molecule has 0 saturated carbocycles. The molecule has 4 heterocycles. The Morgan fingerprint density at radius 3 is 1.85 bits per heavy atom. The van der Waals surface area contributed by atoms with Gasteiger partial charge in [-0.3, -0.25) is 19.4 Å². The SMILES string of the molecule is COc1cc(S(=O)(=O)C2OC(=O)CC3(O)CC(=O)OC2(N(C(=O)N(CCN2CCOCC2)CCN2CCOCC2)C(C)C)OC3=O)cc(OC)c1OC. The molecule has 0 radical (unpaired) electrons. The molecule has 2 amide bonds. The number of amides is 2. The van der Waals surface area contributed by atoms with Crippen molar-refractivity contribution in [1.82, 2.24) is 19.6 Å². The predicted molar refractivity (Wildman–Crippen MR) is 181 cm³/mol. The molecular weight excluding hydrogens is 724 g/mol. The molecule has 3 atom stereocenters. The minimum atomic E-state index is -5.15. The summed E-state index contributed by atoms with van der Waals surface area (Å²) >= 11 is 0. The molecule has 20 heteroatoms. The Morgan fingerprint density at radius 1 is 0.868 bits per heavy atom. The summed E-state index contributed by atoms with van der Waals surface area (Å²) in [4.78, 5) is 61.6. The van der Waals surface area contributed by atoms with Crippen molar-refractivity contribution in [2.24, 2.45) is 0 Å². The van der Waals surface area contributed by atoms with Gasteiger partial charge in [-0.2, -0.15) is 0 Å². The number of benzene rings is 1. The van der Waals surface area contributed by atoms with Crippen LogP contribution in [0.3, 0.4) is 0 Å². The van der Waals surface area contributed by atoms with E-state index >= 15 is 4.79 Å². The van der Waals surface area contributed by atoms with Crippen LogP contribution in [0.1, 0.15) is 26.7 Å². The number of rotatable bonds is 13. The number of morpholine rings is 2. The first kappa shape index (κ1) is 40.2. The van der Waals surface area contributed by atoms with Crippen LogP contribution >= 0.6 is 0 Å². The molecule has 4 aliphatic rings. The van der Waals surface area contributed by atoms with E-state index in [0.29, 0.717) is 65.7 Å². The second-order valence-corrected chi connectivity index (χ2v) is 15.2. The van der Waals surface area contributed by atoms with Crippen molar-refractivity contribution in [1.29, 1.82) is 0 Å². The van der Waals surface area contributed by atoms with Crippen LogP contribution in [0, 0.1) is 0 Å². The highest BCUT2D eigenvalue weighted by atomic mass is 32.2. The van der Waals surface area contributed by atoms with Crippen LogP contribution in [-0.2, 0) is 47.9 Å². The van der Waals surface area contributed by atoms with Gasteiger partial charge in [0.05, 0.1) is 65.5 Å². The first-order chi connectivity index (χ1) is 25.2. The Bertz CT molecular complexity index is 1580. The molecular formula is C33H48N4O15S. The van der Waals surface area contributed by atoms with E-state index in [9.17, 15) is 27.9 Å². The standard InChI is InChI=1S/C33H48N4O15S/c1-22(2)37(31(41)36(8-6-34-10-14-48-15-11-34)9-7-35-12-16-49-17-13-35)33-30(50-26(38)20-32(42,29(40)52-33)21-27(39)51-33)53(43,44)23-18-24(45-3)28(47-5)25(19-23)46-4/h18-19,22,30,42H,6-17,20-21H2,1-5H3. The Kier molecular flexibility index (Phi) is 12.6. The summed E-state index contributed by atoms with van der Waals surface area (Å²) in [5.41, 5.74) is -5.48. The molecule has 4 fully saturated rings. The average Bonchev–Trinajstić information content (AvgIpc) is 3.19. The zero-order valence-corrected chi connectivity index (χ0v) is 31.4. The number of nitrogens with zero attached hydrogens (tertiary/aromatic N) is 4. The highest BCUT2D eigenvalue weighted by molar-refractivity contribution is 7.92. The molecule has 2 bridgehead atoms. The summed E-state index contributed by atoms with van der Waals surface area (Å²) < 4.78 is 73.7. The van der Waals surface area contributed by atoms with E-state index in [-0.39, 0.29) is 30.3 Å². The molecule has 53 heavy (non-hydrogen) atoms. The number of esters is 3. The summed E-state index contributed by atoms with van der Waals surface area (Å²) in [7, 11) is -1.34. The number of urea groups is 1. The van der Waals surface area contributed by atoms with Gasteiger partial charge in [0.15, 0.2) is 17.1 Å². The van der Waals surface area contributed by atoms with Crippen LogP contribution in [0.4, 0.5) is 4.79 Å². The van der Waals surface area contributed by atoms with Crippen molar-refractivity contribution in [3.8, 4) is 17.2 Å². The highest BCUT2D eigenvalue weighted by Crippen LogP contribution is 2.45. The summed E-state index contributed by atoms with van der Waals surface area (Å²) in [5, 5.41) is 11.2. The molecule has 19 nitrogen and oxygen atoms in total. The average molecular weight is 773 g/mol. The summed E-state index contributed by atoms with van der Waals surface area (Å²) in [6.07, 6.45) is -2.23. The van der Waals surface area contributed by atoms with Crippen molar-refractivity contribution in [2.45, 2.75) is 54.6 Å². The number of carbonyl (C=O) groups excluding carboxylic acids is 4. The van der Waals surface area contributed by atoms with Gasteiger partial charge in [0, 0.05) is 70.5 Å². The van der Waals surface area contributed by atoms with Crippen molar-refractivity contribution >= 4 is 33.8 Å². The number of carbonyl (C=O) groups is 4. The fourth-order valence-electron chi connectivity index (χ4n) is 6.62. The maximum absolute atomic E-state index is 15.0. The van der Waals surface area contributed by atoms with Crippen LogP contribution in [0.15, 0.2) is 17.0 Å². The third-order valence-corrected chi connectivity index (χ3v) is 11.3. The first-order valence-electron chi connectivity index (χ1n) is 17.3. The number of ether oxygens (including phenoxy) is 8. The molecule has 4 saturated heterocycles. The van der Waals surface area contributed by atoms with Gasteiger partial charge < -0.3 is 47.9 Å². The zero-order valence-electron chi connectivity index (χ0n) is 30.6. The van der Waals surface area contributed by atoms with Gasteiger partial charge in [-0.1, -0.05) is 0 Å². The fourth-order valence-corrected chi connectivity index (χ4v) is 8.25. The molecule has 5 rings (SSSR count). The van der Waals surface area contributed by atoms with Crippen molar-refractivity contribution in [3.63, 3.8) is 0 Å². The van der Waals surface area contributed by atoms with Crippen LogP contribution < -0.4 is 14.2 Å². The summed E-state index contributed by atoms with van der Waals surface area (Å²) in [6.45, 7) is 8.48. The number of aliphatic hydroxyl groups is 1. The lowest BCUT2D eigenvalue weighted by atomic mass is 9.96. The number of sulfone groups is 1. The van der Waals surface area contributed by atoms with E-state index in [1.54, 1.807) is 0 Å². The Balaban J connectivity index is 1.66. The van der Waals surface area contributed by atoms with Crippen LogP contribution in [0.2, 0.25) is 0 Å². The van der Waals surface area contributed by atoms with E-state index < -0.39 is 74.5 Å². The number of hydrogen-bond acceptors (Lipinski definition) is 17. The van der Waals surface area contributed by atoms with Crippen LogP contribution in [0.5, 0.6) is 17.2 Å². The molecule has 1 N–H and O–H groups in total. The molecule has 296 valence electrons. The van der Waals surface area contributed by atoms with E-state index in [0.717, 1.165) is 17.0 Å². The molecule has 1 aromatic carbocycles. The van der Waals surface area contributed by atoms with E-state index in [4.69, 9.17) is 37.9 Å². The van der Waals surface area contributed by atoms with Gasteiger partial charge in [-0.15, -0.1) is 0 Å². The molecule has 1 aromatic rings. The minimum Gasteiger partial charge on any atom is -0.493 e. The largest absolute Gasteiger partial charge is 0.493 e. The van der Waals surface area contributed by atoms with Gasteiger partial charge in [-0.25, -0.2) is 22.9 Å². The monoisotopic (exact) mass is 772 g/mol. The van der Waals surface area contributed by atoms with Gasteiger partial charge in [-0.05, 0) is 13.8 Å². The summed E-state index contributed by atoms with van der Waals surface area (Å²) in [6, 6.07) is 0.131. The molecule has 0 aliphatic carbocycles. The lowest BCUT2D eigenvalue weighted by Gasteiger charge is -2.47. The molecule has 0 spiro atoms. The smallest absolute Gasteiger partial charge is 0.401 e. The first-order valence-corrected chi connectivity index (χ1v) is 18.8. The molecule has 3 unspecified atom stereocenters. The number of fused-ring (bicyclic) bond motifs is 3. The van der Waals surface area contributed by atoms with Gasteiger partial charge in [0.1, 0.15) is 0 Å². The second-order valence-electron chi connectivity index (χ2n) is 13.2. The number of methoxy groups -OCH3 is 3. The number of cyclic esters (lactones) is 1. The molecule has 4 aliphatic heterocycles. The van der Waals surface area contributed by atoms with Crippen molar-refractivity contribution in [3.05, 3.63) is 12.1 Å². The fraction of sp³-hybridized carbons (Fsp3) is 0.697. The zero-order chi connectivity index (χ0) is 38.6. The van der Waals surface area contributed by atoms with E-state index in [2.05, 4.69) is 9.80 Å². The third kappa shape index (κ3) is 8.41. The number of hydrogen-bond donors (Lipinski definition) is 1. The van der Waals surface area contributed by atoms with E-state index in [1.807, 2.05) is 0 Å². The Hall–Kier alpha value is -3.95. The second kappa shape index (κ2) is 16.6. The van der Waals surface area contributed by atoms with Crippen molar-refractivity contribution in [2.75, 3.05) is 100 Å². The topological polar surface area (TPSA) is 209 Å². The lowest BCUT2D eigenvalue weighted by Crippen LogP contribution is -2.70. The van der Waals surface area contributed by atoms with Crippen LogP contribution in [-0.4, -0.2) is 180 Å². The maximum atomic E-state index is 15.0. The van der Waals surface area contributed by atoms with Crippen molar-refractivity contribution < 1.29 is 70.6 Å². The highest BCUT2D eigenvalue weighted by Gasteiger charge is 2.68. The minimum absolute atomic E-state index is 0.0332. The molecule has 0 aromatic heterocycles. The van der Waals surface area contributed by atoms with Gasteiger partial charge in [0.25, 0.3) is 0 Å². The summed E-state index contributed by atoms with van der Waals surface area (Å²) in [5.74, 6) is -7.70. The van der Waals surface area contributed by atoms with Crippen LogP contribution in [0.25, 0.3) is 0 Å².